The number of carbonyl (C=O) groups is 2. The minimum Gasteiger partial charge on any atom is -0.338 e. The second kappa shape index (κ2) is 7.32. The fourth-order valence-corrected chi connectivity index (χ4v) is 1.01. The number of hydrogen-bond acceptors (Lipinski definition) is 3. The topological polar surface area (TPSA) is 52.7 Å². The van der Waals surface area contributed by atoms with Gasteiger partial charge in [-0.05, 0) is 34.0 Å². The predicted molar refractivity (Wildman–Crippen MR) is 55.0 cm³/mol. The van der Waals surface area contributed by atoms with Crippen molar-refractivity contribution in [2.24, 2.45) is 0 Å². The molecule has 0 radical (unpaired) electrons. The van der Waals surface area contributed by atoms with Gasteiger partial charge in [-0.3, -0.25) is 9.69 Å². The number of imide groups is 1. The molecule has 0 aliphatic heterocycles. The quantitative estimate of drug-likeness (QED) is 0.621. The Kier molecular flexibility index (Phi) is 6.74. The van der Waals surface area contributed by atoms with E-state index in [1.54, 1.807) is 0 Å². The van der Waals surface area contributed by atoms with E-state index in [9.17, 15) is 9.59 Å². The largest absolute Gasteiger partial charge is 0.338 e. The highest BCUT2D eigenvalue weighted by molar-refractivity contribution is 5.84. The molecule has 0 aliphatic carbocycles. The fourth-order valence-electron chi connectivity index (χ4n) is 1.01. The molecule has 0 rings (SSSR count). The monoisotopic (exact) mass is 201 g/mol. The summed E-state index contributed by atoms with van der Waals surface area (Å²) in [6.45, 7) is 3.69. The maximum atomic E-state index is 11.2. The predicted octanol–water partition coefficient (Wildman–Crippen LogP) is 0.126. The molecular weight excluding hydrogens is 182 g/mol. The average molecular weight is 201 g/mol. The van der Waals surface area contributed by atoms with E-state index in [0.717, 1.165) is 17.9 Å². The first kappa shape index (κ1) is 12.9. The third-order valence-corrected chi connectivity index (χ3v) is 1.72. The van der Waals surface area contributed by atoms with Crippen molar-refractivity contribution in [3.63, 3.8) is 0 Å². The molecule has 0 heterocycles. The Bertz CT molecular complexity index is 183. The van der Waals surface area contributed by atoms with Crippen LogP contribution >= 0.6 is 0 Å². The lowest BCUT2D eigenvalue weighted by Gasteiger charge is -2.16. The van der Waals surface area contributed by atoms with Crippen molar-refractivity contribution >= 4 is 12.4 Å². The van der Waals surface area contributed by atoms with Crippen molar-refractivity contribution in [3.8, 4) is 0 Å². The molecule has 0 unspecified atom stereocenters. The van der Waals surface area contributed by atoms with Gasteiger partial charge >= 0.3 is 6.03 Å². The standard InChI is InChI=1S/C9H19N3O2/c1-4-10-9(14)12(8-13)7-5-6-11(2)3/h8H,4-7H2,1-3H3,(H,10,14). The summed E-state index contributed by atoms with van der Waals surface area (Å²) in [5.41, 5.74) is 0. The van der Waals surface area contributed by atoms with E-state index in [4.69, 9.17) is 0 Å². The van der Waals surface area contributed by atoms with Gasteiger partial charge in [-0.1, -0.05) is 0 Å². The highest BCUT2D eigenvalue weighted by Crippen LogP contribution is 1.90. The van der Waals surface area contributed by atoms with Crippen LogP contribution in [0, 0.1) is 0 Å². The molecule has 0 atom stereocenters. The zero-order valence-electron chi connectivity index (χ0n) is 9.12. The number of nitrogens with one attached hydrogen (secondary N) is 1. The van der Waals surface area contributed by atoms with Crippen LogP contribution in [0.2, 0.25) is 0 Å². The van der Waals surface area contributed by atoms with Crippen molar-refractivity contribution in [2.75, 3.05) is 33.7 Å². The maximum absolute atomic E-state index is 11.2. The van der Waals surface area contributed by atoms with Crippen LogP contribution in [-0.4, -0.2) is 56.0 Å². The van der Waals surface area contributed by atoms with Gasteiger partial charge in [-0.2, -0.15) is 0 Å². The van der Waals surface area contributed by atoms with Crippen LogP contribution in [0.4, 0.5) is 4.79 Å². The first-order valence-electron chi connectivity index (χ1n) is 4.76. The highest BCUT2D eigenvalue weighted by atomic mass is 16.2. The zero-order chi connectivity index (χ0) is 11.0. The molecular formula is C9H19N3O2. The van der Waals surface area contributed by atoms with Crippen molar-refractivity contribution < 1.29 is 9.59 Å². The van der Waals surface area contributed by atoms with E-state index >= 15 is 0 Å². The molecule has 0 aromatic rings. The van der Waals surface area contributed by atoms with Gasteiger partial charge in [-0.15, -0.1) is 0 Å². The second-order valence-electron chi connectivity index (χ2n) is 3.29. The lowest BCUT2D eigenvalue weighted by molar-refractivity contribution is -0.115. The van der Waals surface area contributed by atoms with Gasteiger partial charge in [0.05, 0.1) is 0 Å². The molecule has 82 valence electrons. The molecule has 1 N–H and O–H groups in total. The summed E-state index contributed by atoms with van der Waals surface area (Å²) in [6.07, 6.45) is 1.36. The molecule has 0 aliphatic rings. The number of rotatable bonds is 6. The van der Waals surface area contributed by atoms with Crippen LogP contribution < -0.4 is 5.32 Å². The molecule has 0 aromatic carbocycles. The summed E-state index contributed by atoms with van der Waals surface area (Å²) < 4.78 is 0. The van der Waals surface area contributed by atoms with Crippen molar-refractivity contribution in [1.29, 1.82) is 0 Å². The fraction of sp³-hybridized carbons (Fsp3) is 0.778. The molecule has 14 heavy (non-hydrogen) atoms. The lowest BCUT2D eigenvalue weighted by atomic mass is 10.4. The van der Waals surface area contributed by atoms with E-state index in [-0.39, 0.29) is 6.03 Å². The van der Waals surface area contributed by atoms with Gasteiger partial charge in [0.25, 0.3) is 0 Å². The highest BCUT2D eigenvalue weighted by Gasteiger charge is 2.09. The first-order valence-corrected chi connectivity index (χ1v) is 4.76. The van der Waals surface area contributed by atoms with Crippen molar-refractivity contribution in [3.05, 3.63) is 0 Å². The zero-order valence-corrected chi connectivity index (χ0v) is 9.12. The Labute approximate surface area is 85.1 Å². The maximum Gasteiger partial charge on any atom is 0.323 e. The normalized spacial score (nSPS) is 10.0. The second-order valence-corrected chi connectivity index (χ2v) is 3.29. The number of nitrogens with zero attached hydrogens (tertiary/aromatic N) is 2. The van der Waals surface area contributed by atoms with Gasteiger partial charge in [0.1, 0.15) is 0 Å². The third kappa shape index (κ3) is 5.53. The summed E-state index contributed by atoms with van der Waals surface area (Å²) >= 11 is 0. The van der Waals surface area contributed by atoms with Crippen LogP contribution in [0.25, 0.3) is 0 Å². The molecule has 0 aromatic heterocycles. The van der Waals surface area contributed by atoms with Gasteiger partial charge in [0.2, 0.25) is 6.41 Å². The molecule has 3 amide bonds. The Morgan fingerprint density at radius 1 is 1.36 bits per heavy atom. The van der Waals surface area contributed by atoms with Crippen molar-refractivity contribution in [2.45, 2.75) is 13.3 Å². The Balaban J connectivity index is 3.78. The van der Waals surface area contributed by atoms with Gasteiger partial charge in [0.15, 0.2) is 0 Å². The Hall–Kier alpha value is -1.10. The summed E-state index contributed by atoms with van der Waals surface area (Å²) in [5, 5.41) is 2.58. The van der Waals surface area contributed by atoms with Gasteiger partial charge in [-0.25, -0.2) is 4.79 Å². The number of urea groups is 1. The average Bonchev–Trinajstić information content (AvgIpc) is 2.12. The molecule has 0 bridgehead atoms. The minimum atomic E-state index is -0.318. The third-order valence-electron chi connectivity index (χ3n) is 1.72. The van der Waals surface area contributed by atoms with Gasteiger partial charge in [0, 0.05) is 13.1 Å². The summed E-state index contributed by atoms with van der Waals surface area (Å²) in [4.78, 5) is 24.9. The van der Waals surface area contributed by atoms with E-state index in [1.807, 2.05) is 25.9 Å². The molecule has 0 saturated heterocycles. The number of amides is 3. The summed E-state index contributed by atoms with van der Waals surface area (Å²) in [5.74, 6) is 0. The number of carbonyl (C=O) groups excluding carboxylic acids is 2. The van der Waals surface area contributed by atoms with E-state index in [0.29, 0.717) is 19.5 Å². The van der Waals surface area contributed by atoms with Crippen LogP contribution in [0.1, 0.15) is 13.3 Å². The van der Waals surface area contributed by atoms with Crippen LogP contribution in [0.3, 0.4) is 0 Å². The van der Waals surface area contributed by atoms with Crippen LogP contribution in [0.5, 0.6) is 0 Å². The van der Waals surface area contributed by atoms with Crippen molar-refractivity contribution in [1.82, 2.24) is 15.1 Å². The van der Waals surface area contributed by atoms with E-state index in [2.05, 4.69) is 5.32 Å². The Morgan fingerprint density at radius 3 is 2.43 bits per heavy atom. The molecule has 5 nitrogen and oxygen atoms in total. The van der Waals surface area contributed by atoms with Crippen LogP contribution in [-0.2, 0) is 4.79 Å². The number of hydrogen-bond donors (Lipinski definition) is 1. The molecule has 0 saturated carbocycles. The molecule has 0 spiro atoms. The molecule has 5 heteroatoms. The van der Waals surface area contributed by atoms with E-state index < -0.39 is 0 Å². The first-order chi connectivity index (χ1) is 6.61. The smallest absolute Gasteiger partial charge is 0.323 e. The SMILES string of the molecule is CCNC(=O)N(C=O)CCCN(C)C. The van der Waals surface area contributed by atoms with Gasteiger partial charge < -0.3 is 10.2 Å². The van der Waals surface area contributed by atoms with Crippen LogP contribution in [0.15, 0.2) is 0 Å². The lowest BCUT2D eigenvalue weighted by Crippen LogP contribution is -2.40. The summed E-state index contributed by atoms with van der Waals surface area (Å²) in [6, 6.07) is -0.318. The minimum absolute atomic E-state index is 0.318. The Morgan fingerprint density at radius 2 is 2.00 bits per heavy atom. The summed E-state index contributed by atoms with van der Waals surface area (Å²) in [7, 11) is 3.91. The van der Waals surface area contributed by atoms with E-state index in [1.165, 1.54) is 0 Å². The molecule has 0 fully saturated rings.